The quantitative estimate of drug-likeness (QED) is 0.164. The Kier molecular flexibility index (Phi) is 6.75. The van der Waals surface area contributed by atoms with E-state index in [1.807, 2.05) is 0 Å². The Bertz CT molecular complexity index is 2040. The van der Waals surface area contributed by atoms with Crippen LogP contribution in [0.4, 0.5) is 22.7 Å². The van der Waals surface area contributed by atoms with E-state index in [0.717, 1.165) is 0 Å². The number of nitriles is 1. The van der Waals surface area contributed by atoms with Crippen molar-refractivity contribution in [2.24, 2.45) is 20.5 Å². The van der Waals surface area contributed by atoms with Crippen LogP contribution in [0.2, 0.25) is 10.0 Å². The van der Waals surface area contributed by atoms with E-state index in [0.29, 0.717) is 44.3 Å². The van der Waals surface area contributed by atoms with Crippen LogP contribution in [-0.4, -0.2) is 22.4 Å². The van der Waals surface area contributed by atoms with Crippen LogP contribution in [0.5, 0.6) is 0 Å². The maximum Gasteiger partial charge on any atom is 0.294 e. The SMILES string of the molecule is Cc1c(N=Nc2ccc(N=Nc3ccc(S(=O)(=O)O)cc3)cc2)c(=O)n2c([nH]c3cc(Cl)c(Cl)cc32)c1C#N. The van der Waals surface area contributed by atoms with E-state index in [4.69, 9.17) is 27.8 Å². The zero-order valence-electron chi connectivity index (χ0n) is 19.8. The molecular weight excluding hydrogens is 565 g/mol. The molecule has 0 saturated heterocycles. The molecule has 194 valence electrons. The summed E-state index contributed by atoms with van der Waals surface area (Å²) < 4.78 is 32.6. The molecule has 14 heteroatoms. The number of pyridine rings is 1. The van der Waals surface area contributed by atoms with Crippen molar-refractivity contribution in [2.75, 3.05) is 0 Å². The Morgan fingerprint density at radius 2 is 1.41 bits per heavy atom. The first-order valence-electron chi connectivity index (χ1n) is 11.0. The molecule has 5 rings (SSSR count). The molecule has 0 aliphatic rings. The highest BCUT2D eigenvalue weighted by Crippen LogP contribution is 2.31. The number of azo groups is 2. The van der Waals surface area contributed by atoms with Gasteiger partial charge in [0, 0.05) is 5.56 Å². The zero-order valence-corrected chi connectivity index (χ0v) is 22.1. The third-order valence-corrected chi connectivity index (χ3v) is 7.36. The van der Waals surface area contributed by atoms with Gasteiger partial charge in [0.2, 0.25) is 0 Å². The summed E-state index contributed by atoms with van der Waals surface area (Å²) in [6, 6.07) is 16.9. The summed E-state index contributed by atoms with van der Waals surface area (Å²) in [6.07, 6.45) is 0. The van der Waals surface area contributed by atoms with E-state index in [9.17, 15) is 18.5 Å². The molecule has 0 fully saturated rings. The summed E-state index contributed by atoms with van der Waals surface area (Å²) >= 11 is 12.3. The minimum atomic E-state index is -4.29. The summed E-state index contributed by atoms with van der Waals surface area (Å²) in [4.78, 5) is 16.2. The van der Waals surface area contributed by atoms with Crippen molar-refractivity contribution in [3.05, 3.63) is 92.2 Å². The van der Waals surface area contributed by atoms with Crippen molar-refractivity contribution in [1.29, 1.82) is 5.26 Å². The Balaban J connectivity index is 1.45. The van der Waals surface area contributed by atoms with E-state index >= 15 is 0 Å². The molecule has 0 aliphatic heterocycles. The fourth-order valence-corrected chi connectivity index (χ4v) is 4.62. The second-order valence-corrected chi connectivity index (χ2v) is 10.5. The van der Waals surface area contributed by atoms with E-state index in [2.05, 4.69) is 31.5 Å². The highest BCUT2D eigenvalue weighted by atomic mass is 35.5. The van der Waals surface area contributed by atoms with E-state index in [1.54, 1.807) is 37.3 Å². The van der Waals surface area contributed by atoms with Crippen molar-refractivity contribution in [3.63, 3.8) is 0 Å². The number of H-pyrrole nitrogens is 1. The predicted molar refractivity (Wildman–Crippen MR) is 146 cm³/mol. The number of benzene rings is 3. The molecule has 11 nitrogen and oxygen atoms in total. The normalized spacial score (nSPS) is 12.2. The van der Waals surface area contributed by atoms with Crippen LogP contribution < -0.4 is 5.56 Å². The minimum absolute atomic E-state index is 0.00636. The number of nitrogens with one attached hydrogen (secondary N) is 1. The molecule has 0 radical (unpaired) electrons. The summed E-state index contributed by atoms with van der Waals surface area (Å²) in [6.45, 7) is 1.62. The smallest absolute Gasteiger partial charge is 0.294 e. The zero-order chi connectivity index (χ0) is 27.9. The fourth-order valence-electron chi connectivity index (χ4n) is 3.82. The molecule has 2 heterocycles. The fraction of sp³-hybridized carbons (Fsp3) is 0.0400. The lowest BCUT2D eigenvalue weighted by molar-refractivity contribution is 0.483. The maximum absolute atomic E-state index is 13.4. The van der Waals surface area contributed by atoms with Gasteiger partial charge in [0.25, 0.3) is 15.7 Å². The summed E-state index contributed by atoms with van der Waals surface area (Å²) in [5.74, 6) is 0. The average Bonchev–Trinajstić information content (AvgIpc) is 3.26. The first-order chi connectivity index (χ1) is 18.6. The Morgan fingerprint density at radius 3 is 1.95 bits per heavy atom. The molecule has 0 atom stereocenters. The van der Waals surface area contributed by atoms with E-state index in [-0.39, 0.29) is 21.2 Å². The Morgan fingerprint density at radius 1 is 0.897 bits per heavy atom. The number of hydrogen-bond donors (Lipinski definition) is 2. The highest BCUT2D eigenvalue weighted by Gasteiger charge is 2.19. The predicted octanol–water partition coefficient (Wildman–Crippen LogP) is 7.35. The molecule has 5 aromatic rings. The molecule has 0 unspecified atom stereocenters. The summed E-state index contributed by atoms with van der Waals surface area (Å²) in [5.41, 5.74) is 2.65. The van der Waals surface area contributed by atoms with Crippen LogP contribution in [0.3, 0.4) is 0 Å². The minimum Gasteiger partial charge on any atom is -0.338 e. The van der Waals surface area contributed by atoms with Crippen LogP contribution in [0, 0.1) is 18.3 Å². The van der Waals surface area contributed by atoms with Crippen molar-refractivity contribution >= 4 is 72.8 Å². The van der Waals surface area contributed by atoms with Crippen molar-refractivity contribution in [1.82, 2.24) is 9.38 Å². The second-order valence-electron chi connectivity index (χ2n) is 8.24. The third kappa shape index (κ3) is 5.04. The number of nitrogens with zero attached hydrogens (tertiary/aromatic N) is 6. The third-order valence-electron chi connectivity index (χ3n) is 5.77. The molecular formula is C25H15Cl2N7O4S. The number of aromatic nitrogens is 2. The number of imidazole rings is 1. The monoisotopic (exact) mass is 579 g/mol. The van der Waals surface area contributed by atoms with Crippen molar-refractivity contribution in [2.45, 2.75) is 11.8 Å². The van der Waals surface area contributed by atoms with Gasteiger partial charge in [0.05, 0.1) is 48.6 Å². The molecule has 2 N–H and O–H groups in total. The molecule has 2 aromatic heterocycles. The largest absolute Gasteiger partial charge is 0.338 e. The summed E-state index contributed by atoms with van der Waals surface area (Å²) in [5, 5.41) is 26.8. The van der Waals surface area contributed by atoms with Gasteiger partial charge in [0.15, 0.2) is 5.69 Å². The molecule has 0 amide bonds. The molecule has 0 bridgehead atoms. The molecule has 3 aromatic carbocycles. The van der Waals surface area contributed by atoms with Crippen LogP contribution in [0.1, 0.15) is 11.1 Å². The van der Waals surface area contributed by atoms with Gasteiger partial charge in [-0.05, 0) is 67.6 Å². The topological polar surface area (TPSA) is 165 Å². The van der Waals surface area contributed by atoms with Gasteiger partial charge in [0.1, 0.15) is 11.7 Å². The lowest BCUT2D eigenvalue weighted by Crippen LogP contribution is -2.15. The van der Waals surface area contributed by atoms with Crippen molar-refractivity contribution in [3.8, 4) is 6.07 Å². The van der Waals surface area contributed by atoms with E-state index < -0.39 is 15.7 Å². The second kappa shape index (κ2) is 10.0. The van der Waals surface area contributed by atoms with Crippen LogP contribution in [-0.2, 0) is 10.1 Å². The number of fused-ring (bicyclic) bond motifs is 3. The number of aromatic amines is 1. The lowest BCUT2D eigenvalue weighted by Gasteiger charge is -2.05. The first-order valence-corrected chi connectivity index (χ1v) is 13.2. The number of hydrogen-bond acceptors (Lipinski definition) is 8. The number of rotatable bonds is 5. The van der Waals surface area contributed by atoms with Crippen LogP contribution >= 0.6 is 23.2 Å². The average molecular weight is 580 g/mol. The molecule has 0 saturated carbocycles. The first kappa shape index (κ1) is 26.2. The van der Waals surface area contributed by atoms with Gasteiger partial charge in [-0.1, -0.05) is 23.2 Å². The van der Waals surface area contributed by atoms with Crippen molar-refractivity contribution < 1.29 is 13.0 Å². The Labute approximate surface area is 230 Å². The lowest BCUT2D eigenvalue weighted by atomic mass is 10.1. The van der Waals surface area contributed by atoms with Crippen LogP contribution in [0.25, 0.3) is 16.7 Å². The molecule has 0 aliphatic carbocycles. The van der Waals surface area contributed by atoms with Gasteiger partial charge >= 0.3 is 0 Å². The number of halogens is 2. The highest BCUT2D eigenvalue weighted by molar-refractivity contribution is 7.85. The standard InChI is InChI=1S/C25H15Cl2N7O4S/c1-13-18(12-28)24-29-21-10-19(26)20(27)11-22(21)34(24)25(35)23(13)33-32-15-4-2-14(3-5-15)30-31-16-6-8-17(9-7-16)39(36,37)38/h2-11,29H,1H3,(H,36,37,38). The maximum atomic E-state index is 13.4. The van der Waals surface area contributed by atoms with Gasteiger partial charge in [-0.2, -0.15) is 29.0 Å². The molecule has 0 spiro atoms. The van der Waals surface area contributed by atoms with Crippen LogP contribution in [0.15, 0.2) is 90.8 Å². The van der Waals surface area contributed by atoms with Gasteiger partial charge in [-0.3, -0.25) is 13.7 Å². The van der Waals surface area contributed by atoms with Gasteiger partial charge in [-0.25, -0.2) is 0 Å². The van der Waals surface area contributed by atoms with Gasteiger partial charge < -0.3 is 4.98 Å². The summed E-state index contributed by atoms with van der Waals surface area (Å²) in [7, 11) is -4.29. The molecule has 39 heavy (non-hydrogen) atoms. The Hall–Kier alpha value is -4.41. The van der Waals surface area contributed by atoms with Gasteiger partial charge in [-0.15, -0.1) is 5.11 Å². The van der Waals surface area contributed by atoms with E-state index in [1.165, 1.54) is 34.7 Å².